The van der Waals surface area contributed by atoms with Gasteiger partial charge in [0.2, 0.25) is 11.9 Å². The van der Waals surface area contributed by atoms with Gasteiger partial charge in [-0.3, -0.25) is 9.13 Å². The third kappa shape index (κ3) is 5.27. The number of hydrogen-bond donors (Lipinski definition) is 0. The summed E-state index contributed by atoms with van der Waals surface area (Å²) in [5.41, 5.74) is 11.7. The summed E-state index contributed by atoms with van der Waals surface area (Å²) in [6.07, 6.45) is 0. The molecule has 0 saturated heterocycles. The Morgan fingerprint density at radius 2 is 0.571 bits per heavy atom. The molecule has 7 aromatic carbocycles. The molecular formula is C50H32N6. The fraction of sp³-hybridized carbons (Fsp3) is 0. The molecule has 56 heavy (non-hydrogen) atoms. The Morgan fingerprint density at radius 3 is 0.982 bits per heavy atom. The Hall–Kier alpha value is -7.70. The molecule has 4 aromatic heterocycles. The third-order valence-corrected chi connectivity index (χ3v) is 10.6. The monoisotopic (exact) mass is 716 g/mol. The molecule has 0 amide bonds. The summed E-state index contributed by atoms with van der Waals surface area (Å²) in [4.78, 5) is 21.0. The van der Waals surface area contributed by atoms with E-state index < -0.39 is 0 Å². The maximum absolute atomic E-state index is 5.33. The van der Waals surface area contributed by atoms with Crippen LogP contribution in [0.5, 0.6) is 0 Å². The van der Waals surface area contributed by atoms with E-state index in [1.807, 2.05) is 42.5 Å². The summed E-state index contributed by atoms with van der Waals surface area (Å²) >= 11 is 0. The molecule has 0 aliphatic rings. The van der Waals surface area contributed by atoms with E-state index in [0.717, 1.165) is 77.9 Å². The zero-order valence-electron chi connectivity index (χ0n) is 30.2. The van der Waals surface area contributed by atoms with Gasteiger partial charge in [-0.1, -0.05) is 152 Å². The smallest absolute Gasteiger partial charge is 0.235 e. The van der Waals surface area contributed by atoms with Crippen LogP contribution in [-0.4, -0.2) is 29.1 Å². The van der Waals surface area contributed by atoms with E-state index in [-0.39, 0.29) is 0 Å². The molecule has 0 aliphatic heterocycles. The van der Waals surface area contributed by atoms with E-state index in [2.05, 4.69) is 161 Å². The van der Waals surface area contributed by atoms with Crippen LogP contribution in [0.3, 0.4) is 0 Å². The van der Waals surface area contributed by atoms with E-state index in [1.165, 1.54) is 10.8 Å². The molecule has 0 spiro atoms. The predicted octanol–water partition coefficient (Wildman–Crippen LogP) is 12.1. The summed E-state index contributed by atoms with van der Waals surface area (Å²) < 4.78 is 4.37. The number of nitrogens with zero attached hydrogens (tertiary/aromatic N) is 6. The highest BCUT2D eigenvalue weighted by atomic mass is 15.2. The molecule has 0 aliphatic carbocycles. The van der Waals surface area contributed by atoms with Gasteiger partial charge >= 0.3 is 0 Å². The van der Waals surface area contributed by atoms with Gasteiger partial charge in [0.1, 0.15) is 0 Å². The Balaban J connectivity index is 1.14. The van der Waals surface area contributed by atoms with E-state index in [0.29, 0.717) is 11.9 Å². The van der Waals surface area contributed by atoms with Crippen molar-refractivity contribution in [3.05, 3.63) is 194 Å². The first-order chi connectivity index (χ1) is 27.8. The van der Waals surface area contributed by atoms with Gasteiger partial charge in [0.25, 0.3) is 0 Å². The molecule has 11 rings (SSSR count). The lowest BCUT2D eigenvalue weighted by molar-refractivity contribution is 0.994. The average molecular weight is 717 g/mol. The molecular weight excluding hydrogens is 685 g/mol. The largest absolute Gasteiger partial charge is 0.278 e. The minimum Gasteiger partial charge on any atom is -0.278 e. The van der Waals surface area contributed by atoms with E-state index in [1.54, 1.807) is 0 Å². The topological polar surface area (TPSA) is 61.4 Å². The predicted molar refractivity (Wildman–Crippen MR) is 228 cm³/mol. The Bertz CT molecular complexity index is 3130. The van der Waals surface area contributed by atoms with Crippen LogP contribution in [0.1, 0.15) is 0 Å². The summed E-state index contributed by atoms with van der Waals surface area (Å²) in [5, 5.41) is 4.54. The summed E-state index contributed by atoms with van der Waals surface area (Å²) in [6, 6.07) is 67.2. The first kappa shape index (κ1) is 31.8. The quantitative estimate of drug-likeness (QED) is 0.172. The van der Waals surface area contributed by atoms with Gasteiger partial charge in [0, 0.05) is 43.8 Å². The van der Waals surface area contributed by atoms with Crippen LogP contribution in [0.2, 0.25) is 0 Å². The zero-order chi connectivity index (χ0) is 37.0. The van der Waals surface area contributed by atoms with Crippen LogP contribution in [0.25, 0.3) is 101 Å². The molecule has 6 nitrogen and oxygen atoms in total. The highest BCUT2D eigenvalue weighted by Gasteiger charge is 2.20. The van der Waals surface area contributed by atoms with Crippen LogP contribution >= 0.6 is 0 Å². The number of benzene rings is 7. The third-order valence-electron chi connectivity index (χ3n) is 10.6. The molecule has 0 radical (unpaired) electrons. The number of aromatic nitrogens is 6. The van der Waals surface area contributed by atoms with Gasteiger partial charge in [-0.25, -0.2) is 19.9 Å². The fourth-order valence-corrected chi connectivity index (χ4v) is 7.97. The van der Waals surface area contributed by atoms with Crippen molar-refractivity contribution in [3.8, 4) is 56.9 Å². The summed E-state index contributed by atoms with van der Waals surface area (Å²) in [7, 11) is 0. The van der Waals surface area contributed by atoms with E-state index in [4.69, 9.17) is 19.9 Å². The SMILES string of the molecule is c1ccc(-c2cc(-c3ccc4c(c3)c3ccccc3n4-c3nc(-c4ccccc4)cc(-c4ccccc4)n3)nc(-n3c4ccccc4c4ccccc43)n2)cc1. The average Bonchev–Trinajstić information content (AvgIpc) is 3.80. The first-order valence-corrected chi connectivity index (χ1v) is 18.7. The molecule has 0 atom stereocenters. The van der Waals surface area contributed by atoms with Crippen molar-refractivity contribution in [2.45, 2.75) is 0 Å². The first-order valence-electron chi connectivity index (χ1n) is 18.7. The molecule has 0 fully saturated rings. The van der Waals surface area contributed by atoms with Crippen LogP contribution in [0.4, 0.5) is 0 Å². The van der Waals surface area contributed by atoms with Crippen molar-refractivity contribution in [2.24, 2.45) is 0 Å². The van der Waals surface area contributed by atoms with Gasteiger partial charge in [-0.15, -0.1) is 0 Å². The second-order valence-corrected chi connectivity index (χ2v) is 13.9. The highest BCUT2D eigenvalue weighted by Crippen LogP contribution is 2.37. The van der Waals surface area contributed by atoms with Crippen molar-refractivity contribution in [3.63, 3.8) is 0 Å². The second-order valence-electron chi connectivity index (χ2n) is 13.9. The van der Waals surface area contributed by atoms with Crippen molar-refractivity contribution >= 4 is 43.6 Å². The van der Waals surface area contributed by atoms with Crippen LogP contribution in [0, 0.1) is 0 Å². The molecule has 0 saturated carbocycles. The molecule has 4 heterocycles. The summed E-state index contributed by atoms with van der Waals surface area (Å²) in [5.74, 6) is 1.24. The lowest BCUT2D eigenvalue weighted by atomic mass is 10.0. The van der Waals surface area contributed by atoms with Crippen LogP contribution < -0.4 is 0 Å². The van der Waals surface area contributed by atoms with E-state index >= 15 is 0 Å². The zero-order valence-corrected chi connectivity index (χ0v) is 30.2. The minimum absolute atomic E-state index is 0.617. The fourth-order valence-electron chi connectivity index (χ4n) is 7.97. The van der Waals surface area contributed by atoms with Gasteiger partial charge in [-0.2, -0.15) is 0 Å². The second kappa shape index (κ2) is 13.0. The Morgan fingerprint density at radius 1 is 0.250 bits per heavy atom. The molecule has 0 unspecified atom stereocenters. The molecule has 0 bridgehead atoms. The van der Waals surface area contributed by atoms with Crippen molar-refractivity contribution < 1.29 is 0 Å². The lowest BCUT2D eigenvalue weighted by Crippen LogP contribution is -2.04. The van der Waals surface area contributed by atoms with Gasteiger partial charge in [0.15, 0.2) is 0 Å². The Labute approximate surface area is 322 Å². The van der Waals surface area contributed by atoms with Gasteiger partial charge < -0.3 is 0 Å². The van der Waals surface area contributed by atoms with Crippen LogP contribution in [0.15, 0.2) is 194 Å². The maximum Gasteiger partial charge on any atom is 0.235 e. The molecule has 0 N–H and O–H groups in total. The Kier molecular flexibility index (Phi) is 7.38. The van der Waals surface area contributed by atoms with Crippen LogP contribution in [-0.2, 0) is 0 Å². The molecule has 262 valence electrons. The number of rotatable bonds is 6. The highest BCUT2D eigenvalue weighted by molar-refractivity contribution is 6.11. The summed E-state index contributed by atoms with van der Waals surface area (Å²) in [6.45, 7) is 0. The normalized spacial score (nSPS) is 11.6. The lowest BCUT2D eigenvalue weighted by Gasteiger charge is -2.13. The standard InChI is InChI=1S/C50H32N6/c1-4-16-33(17-5-1)41-31-42(34-18-6-2-7-19-34)52-49(51-41)56-47-27-15-12-24-39(47)40-30-36(28-29-48(40)56)44-32-43(35-20-8-3-9-21-35)53-50(54-44)55-45-25-13-10-22-37(45)38-23-11-14-26-46(38)55/h1-32H. The van der Waals surface area contributed by atoms with Crippen molar-refractivity contribution in [1.29, 1.82) is 0 Å². The minimum atomic E-state index is 0.617. The van der Waals surface area contributed by atoms with Gasteiger partial charge in [-0.05, 0) is 42.5 Å². The maximum atomic E-state index is 5.33. The van der Waals surface area contributed by atoms with Gasteiger partial charge in [0.05, 0.1) is 44.8 Å². The van der Waals surface area contributed by atoms with E-state index in [9.17, 15) is 0 Å². The molecule has 6 heteroatoms. The van der Waals surface area contributed by atoms with Crippen molar-refractivity contribution in [1.82, 2.24) is 29.1 Å². The van der Waals surface area contributed by atoms with Crippen molar-refractivity contribution in [2.75, 3.05) is 0 Å². The number of fused-ring (bicyclic) bond motifs is 6. The number of para-hydroxylation sites is 3. The molecule has 11 aromatic rings. The number of hydrogen-bond acceptors (Lipinski definition) is 4.